The second-order valence-electron chi connectivity index (χ2n) is 7.62. The van der Waals surface area contributed by atoms with E-state index in [4.69, 9.17) is 16.6 Å². The van der Waals surface area contributed by atoms with E-state index in [2.05, 4.69) is 15.1 Å². The Kier molecular flexibility index (Phi) is 5.94. The molecule has 9 heteroatoms. The molecule has 4 heterocycles. The lowest BCUT2D eigenvalue weighted by molar-refractivity contribution is -0.133. The lowest BCUT2D eigenvalue weighted by Gasteiger charge is -2.33. The molecule has 1 fully saturated rings. The second kappa shape index (κ2) is 8.79. The summed E-state index contributed by atoms with van der Waals surface area (Å²) in [4.78, 5) is 30.2. The highest BCUT2D eigenvalue weighted by Gasteiger charge is 2.28. The Morgan fingerprint density at radius 2 is 2.13 bits per heavy atom. The highest BCUT2D eigenvalue weighted by Crippen LogP contribution is 2.34. The number of nitrogens with zero attached hydrogens (tertiary/aromatic N) is 7. The first kappa shape index (κ1) is 20.3. The van der Waals surface area contributed by atoms with Gasteiger partial charge in [-0.25, -0.2) is 15.0 Å². The van der Waals surface area contributed by atoms with Crippen molar-refractivity contribution in [3.8, 4) is 11.1 Å². The van der Waals surface area contributed by atoms with Crippen molar-refractivity contribution in [1.29, 1.82) is 0 Å². The third kappa shape index (κ3) is 4.43. The molecule has 1 amide bonds. The van der Waals surface area contributed by atoms with Crippen molar-refractivity contribution in [2.45, 2.75) is 25.3 Å². The van der Waals surface area contributed by atoms with Gasteiger partial charge >= 0.3 is 0 Å². The zero-order valence-corrected chi connectivity index (χ0v) is 17.8. The van der Waals surface area contributed by atoms with E-state index in [1.807, 2.05) is 42.2 Å². The number of amides is 1. The van der Waals surface area contributed by atoms with E-state index in [0.717, 1.165) is 36.2 Å². The number of carbonyl (C=O) groups is 1. The van der Waals surface area contributed by atoms with Gasteiger partial charge in [-0.2, -0.15) is 5.10 Å². The molecule has 1 atom stereocenters. The minimum Gasteiger partial charge on any atom is -0.347 e. The fraction of sp³-hybridized carbons (Fsp3) is 0.381. The zero-order chi connectivity index (χ0) is 21.1. The Balaban J connectivity index is 1.63. The Morgan fingerprint density at radius 3 is 2.83 bits per heavy atom. The van der Waals surface area contributed by atoms with Crippen LogP contribution in [0.4, 0.5) is 5.95 Å². The molecule has 3 aromatic rings. The molecule has 3 aromatic heterocycles. The molecule has 0 spiro atoms. The first-order chi connectivity index (χ1) is 14.5. The highest BCUT2D eigenvalue weighted by atomic mass is 35.5. The van der Waals surface area contributed by atoms with Crippen molar-refractivity contribution in [3.63, 3.8) is 0 Å². The van der Waals surface area contributed by atoms with Gasteiger partial charge < -0.3 is 9.80 Å². The molecule has 4 rings (SSSR count). The summed E-state index contributed by atoms with van der Waals surface area (Å²) in [6.07, 6.45) is 8.95. The van der Waals surface area contributed by atoms with Gasteiger partial charge in [0, 0.05) is 69.0 Å². The minimum atomic E-state index is 0.0694. The van der Waals surface area contributed by atoms with Crippen LogP contribution in [-0.2, 0) is 11.3 Å². The molecule has 1 saturated heterocycles. The van der Waals surface area contributed by atoms with Gasteiger partial charge in [-0.1, -0.05) is 11.6 Å². The molecule has 1 aliphatic rings. The van der Waals surface area contributed by atoms with Gasteiger partial charge in [-0.15, -0.1) is 0 Å². The number of pyridine rings is 1. The van der Waals surface area contributed by atoms with E-state index in [-0.39, 0.29) is 18.4 Å². The average molecular weight is 426 g/mol. The van der Waals surface area contributed by atoms with Crippen LogP contribution in [0.3, 0.4) is 0 Å². The maximum atomic E-state index is 12.8. The monoisotopic (exact) mass is 425 g/mol. The van der Waals surface area contributed by atoms with Crippen LogP contribution in [0, 0.1) is 0 Å². The average Bonchev–Trinajstić information content (AvgIpc) is 3.27. The van der Waals surface area contributed by atoms with Crippen molar-refractivity contribution in [3.05, 3.63) is 53.8 Å². The quantitative estimate of drug-likeness (QED) is 0.585. The maximum Gasteiger partial charge on any atom is 0.244 e. The number of carbonyl (C=O) groups excluding carboxylic acids is 1. The lowest BCUT2D eigenvalue weighted by Crippen LogP contribution is -2.41. The number of anilines is 1. The van der Waals surface area contributed by atoms with Gasteiger partial charge in [0.2, 0.25) is 11.9 Å². The molecule has 0 aromatic carbocycles. The second-order valence-corrected chi connectivity index (χ2v) is 8.00. The number of aromatic nitrogens is 5. The molecular weight excluding hydrogens is 402 g/mol. The summed E-state index contributed by atoms with van der Waals surface area (Å²) >= 11 is 5.97. The molecule has 0 radical (unpaired) electrons. The molecular formula is C21H24ClN7O. The Bertz CT molecular complexity index is 1000. The smallest absolute Gasteiger partial charge is 0.244 e. The standard InChI is InChI=1S/C21H24ClN7O/c1-27(2)21-24-12-17(15-6-7-18(22)23-11-15)20(26-21)16-5-3-9-28(13-16)19(30)14-29-10-4-8-25-29/h4,6-8,10-12,16H,3,5,9,13-14H2,1-2H3. The SMILES string of the molecule is CN(C)c1ncc(-c2ccc(Cl)nc2)c(C2CCCN(C(=O)Cn3cccn3)C2)n1. The summed E-state index contributed by atoms with van der Waals surface area (Å²) in [6.45, 7) is 1.62. The normalized spacial score (nSPS) is 16.5. The molecule has 0 bridgehead atoms. The number of rotatable bonds is 5. The highest BCUT2D eigenvalue weighted by molar-refractivity contribution is 6.29. The topological polar surface area (TPSA) is 80.0 Å². The van der Waals surface area contributed by atoms with Crippen LogP contribution in [0.5, 0.6) is 0 Å². The van der Waals surface area contributed by atoms with Crippen molar-refractivity contribution in [1.82, 2.24) is 29.6 Å². The fourth-order valence-corrected chi connectivity index (χ4v) is 3.84. The first-order valence-corrected chi connectivity index (χ1v) is 10.3. The van der Waals surface area contributed by atoms with Crippen LogP contribution < -0.4 is 4.90 Å². The maximum absolute atomic E-state index is 12.8. The molecule has 1 unspecified atom stereocenters. The third-order valence-corrected chi connectivity index (χ3v) is 5.48. The summed E-state index contributed by atoms with van der Waals surface area (Å²) in [5.41, 5.74) is 2.78. The van der Waals surface area contributed by atoms with E-state index in [9.17, 15) is 4.79 Å². The van der Waals surface area contributed by atoms with Crippen molar-refractivity contribution in [2.24, 2.45) is 0 Å². The van der Waals surface area contributed by atoms with Crippen LogP contribution in [0.1, 0.15) is 24.5 Å². The summed E-state index contributed by atoms with van der Waals surface area (Å²) in [7, 11) is 3.84. The Hall–Kier alpha value is -3.00. The summed E-state index contributed by atoms with van der Waals surface area (Å²) in [5, 5.41) is 4.59. The van der Waals surface area contributed by atoms with Gasteiger partial charge in [0.1, 0.15) is 11.7 Å². The van der Waals surface area contributed by atoms with Gasteiger partial charge in [-0.3, -0.25) is 9.48 Å². The van der Waals surface area contributed by atoms with Crippen LogP contribution in [0.15, 0.2) is 43.0 Å². The van der Waals surface area contributed by atoms with Crippen LogP contribution in [0.25, 0.3) is 11.1 Å². The minimum absolute atomic E-state index is 0.0694. The van der Waals surface area contributed by atoms with Crippen LogP contribution >= 0.6 is 11.6 Å². The number of hydrogen-bond acceptors (Lipinski definition) is 6. The largest absolute Gasteiger partial charge is 0.347 e. The van der Waals surface area contributed by atoms with E-state index in [1.165, 1.54) is 0 Å². The van der Waals surface area contributed by atoms with Gasteiger partial charge in [-0.05, 0) is 31.0 Å². The number of hydrogen-bond donors (Lipinski definition) is 0. The van der Waals surface area contributed by atoms with Crippen molar-refractivity contribution in [2.75, 3.05) is 32.1 Å². The van der Waals surface area contributed by atoms with Crippen LogP contribution in [0.2, 0.25) is 5.15 Å². The Morgan fingerprint density at radius 1 is 1.27 bits per heavy atom. The molecule has 30 heavy (non-hydrogen) atoms. The molecule has 0 aliphatic carbocycles. The van der Waals surface area contributed by atoms with Crippen molar-refractivity contribution >= 4 is 23.5 Å². The van der Waals surface area contributed by atoms with E-state index in [0.29, 0.717) is 17.6 Å². The Labute approximate surface area is 180 Å². The zero-order valence-electron chi connectivity index (χ0n) is 17.1. The summed E-state index contributed by atoms with van der Waals surface area (Å²) < 4.78 is 1.66. The predicted molar refractivity (Wildman–Crippen MR) is 115 cm³/mol. The molecule has 8 nitrogen and oxygen atoms in total. The van der Waals surface area contributed by atoms with Crippen LogP contribution in [-0.4, -0.2) is 62.7 Å². The van der Waals surface area contributed by atoms with E-state index < -0.39 is 0 Å². The molecule has 156 valence electrons. The van der Waals surface area contributed by atoms with Gasteiger partial charge in [0.15, 0.2) is 0 Å². The molecule has 1 aliphatic heterocycles. The fourth-order valence-electron chi connectivity index (χ4n) is 3.73. The van der Waals surface area contributed by atoms with E-state index in [1.54, 1.807) is 29.3 Å². The third-order valence-electron chi connectivity index (χ3n) is 5.26. The summed E-state index contributed by atoms with van der Waals surface area (Å²) in [5.74, 6) is 0.836. The first-order valence-electron chi connectivity index (χ1n) is 9.92. The van der Waals surface area contributed by atoms with Gasteiger partial charge in [0.25, 0.3) is 0 Å². The van der Waals surface area contributed by atoms with Crippen molar-refractivity contribution < 1.29 is 4.79 Å². The number of likely N-dealkylation sites (tertiary alicyclic amines) is 1. The van der Waals surface area contributed by atoms with E-state index >= 15 is 0 Å². The molecule has 0 N–H and O–H groups in total. The predicted octanol–water partition coefficient (Wildman–Crippen LogP) is 2.86. The number of halogens is 1. The number of piperidine rings is 1. The summed E-state index contributed by atoms with van der Waals surface area (Å²) in [6, 6.07) is 5.51. The lowest BCUT2D eigenvalue weighted by atomic mass is 9.90. The molecule has 0 saturated carbocycles. The van der Waals surface area contributed by atoms with Gasteiger partial charge in [0.05, 0.1) is 5.69 Å².